The van der Waals surface area contributed by atoms with Crippen LogP contribution in [0.1, 0.15) is 43.0 Å². The van der Waals surface area contributed by atoms with Gasteiger partial charge in [-0.1, -0.05) is 81.4 Å². The van der Waals surface area contributed by atoms with Crippen molar-refractivity contribution in [2.75, 3.05) is 16.6 Å². The van der Waals surface area contributed by atoms with Crippen molar-refractivity contribution in [3.8, 4) is 34.1 Å². The van der Waals surface area contributed by atoms with Crippen molar-refractivity contribution in [2.24, 2.45) is 0 Å². The first-order valence-corrected chi connectivity index (χ1v) is 21.1. The average molecular weight is 795 g/mol. The fraction of sp³-hybridized carbons (Fsp3) is 0.148. The maximum atomic E-state index is 6.52. The molecule has 7 aromatic carbocycles. The van der Waals surface area contributed by atoms with Crippen molar-refractivity contribution in [3.63, 3.8) is 0 Å². The number of hydrogen-bond acceptors (Lipinski definition) is 6. The molecule has 0 N–H and O–H groups in total. The zero-order chi connectivity index (χ0) is 41.3. The van der Waals surface area contributed by atoms with E-state index < -0.39 is 0 Å². The summed E-state index contributed by atoms with van der Waals surface area (Å²) in [5.74, 6) is 3.24. The van der Waals surface area contributed by atoms with E-state index in [0.717, 1.165) is 90.2 Å². The van der Waals surface area contributed by atoms with E-state index in [4.69, 9.17) is 18.3 Å². The number of fused-ring (bicyclic) bond motifs is 8. The van der Waals surface area contributed by atoms with E-state index in [1.807, 2.05) is 30.3 Å². The molecule has 3 aliphatic rings. The molecule has 0 fully saturated rings. The van der Waals surface area contributed by atoms with Crippen LogP contribution in [0.3, 0.4) is 0 Å². The topological polar surface area (TPSA) is 51.2 Å². The van der Waals surface area contributed by atoms with E-state index >= 15 is 0 Å². The highest BCUT2D eigenvalue weighted by molar-refractivity contribution is 7.00. The van der Waals surface area contributed by atoms with Gasteiger partial charge < -0.3 is 28.1 Å². The van der Waals surface area contributed by atoms with E-state index in [1.165, 1.54) is 38.6 Å². The van der Waals surface area contributed by atoms with Crippen LogP contribution in [0.15, 0.2) is 148 Å². The molecule has 61 heavy (non-hydrogen) atoms. The number of anilines is 6. The largest absolute Gasteiger partial charge is 0.456 e. The summed E-state index contributed by atoms with van der Waals surface area (Å²) >= 11 is 0. The second-order valence-corrected chi connectivity index (χ2v) is 17.9. The first-order chi connectivity index (χ1) is 29.6. The Kier molecular flexibility index (Phi) is 7.59. The number of furan rings is 2. The number of hydrogen-bond donors (Lipinski definition) is 0. The number of ether oxygens (including phenoxy) is 2. The van der Waals surface area contributed by atoms with Crippen LogP contribution in [0.2, 0.25) is 0 Å². The lowest BCUT2D eigenvalue weighted by Gasteiger charge is -2.45. The number of rotatable bonds is 4. The average Bonchev–Trinajstić information content (AvgIpc) is 4.02. The molecule has 0 atom stereocenters. The van der Waals surface area contributed by atoms with Gasteiger partial charge in [-0.25, -0.2) is 0 Å². The van der Waals surface area contributed by atoms with E-state index in [1.54, 1.807) is 0 Å². The van der Waals surface area contributed by atoms with Gasteiger partial charge >= 0.3 is 0 Å². The predicted molar refractivity (Wildman–Crippen MR) is 250 cm³/mol. The van der Waals surface area contributed by atoms with Crippen molar-refractivity contribution in [1.82, 2.24) is 0 Å². The van der Waals surface area contributed by atoms with Gasteiger partial charge in [0.2, 0.25) is 6.79 Å². The minimum Gasteiger partial charge on any atom is -0.456 e. The van der Waals surface area contributed by atoms with Crippen molar-refractivity contribution >= 4 is 79.2 Å². The fourth-order valence-corrected chi connectivity index (χ4v) is 10.0. The molecule has 0 aliphatic carbocycles. The summed E-state index contributed by atoms with van der Waals surface area (Å²) in [6.45, 7) is 13.6. The molecule has 0 saturated carbocycles. The summed E-state index contributed by atoms with van der Waals surface area (Å²) in [6, 6.07) is 50.1. The lowest BCUT2D eigenvalue weighted by atomic mass is 9.33. The molecule has 0 spiro atoms. The van der Waals surface area contributed by atoms with Crippen LogP contribution in [0, 0.1) is 20.8 Å². The van der Waals surface area contributed by atoms with Gasteiger partial charge in [0.15, 0.2) is 11.5 Å². The van der Waals surface area contributed by atoms with Gasteiger partial charge in [0.1, 0.15) is 22.7 Å². The monoisotopic (exact) mass is 794 g/mol. The van der Waals surface area contributed by atoms with Gasteiger partial charge in [-0.05, 0) is 144 Å². The van der Waals surface area contributed by atoms with Crippen molar-refractivity contribution < 1.29 is 18.3 Å². The van der Waals surface area contributed by atoms with Crippen molar-refractivity contribution in [1.29, 1.82) is 0 Å². The van der Waals surface area contributed by atoms with Crippen LogP contribution in [0.25, 0.3) is 44.6 Å². The summed E-state index contributed by atoms with van der Waals surface area (Å²) in [5, 5.41) is 2.18. The Morgan fingerprint density at radius 2 is 1.16 bits per heavy atom. The lowest BCUT2D eigenvalue weighted by molar-refractivity contribution is 0.174. The van der Waals surface area contributed by atoms with Gasteiger partial charge in [-0.3, -0.25) is 0 Å². The van der Waals surface area contributed by atoms with E-state index in [2.05, 4.69) is 161 Å². The summed E-state index contributed by atoms with van der Waals surface area (Å²) < 4.78 is 25.4. The van der Waals surface area contributed by atoms with E-state index in [-0.39, 0.29) is 18.9 Å². The molecule has 9 aromatic rings. The Balaban J connectivity index is 1.12. The molecule has 0 radical (unpaired) electrons. The second kappa shape index (κ2) is 12.9. The third-order valence-corrected chi connectivity index (χ3v) is 12.8. The Hall–Kier alpha value is -7.12. The molecule has 296 valence electrons. The molecule has 0 amide bonds. The first kappa shape index (κ1) is 35.8. The van der Waals surface area contributed by atoms with Crippen LogP contribution >= 0.6 is 0 Å². The smallest absolute Gasteiger partial charge is 0.252 e. The lowest BCUT2D eigenvalue weighted by Crippen LogP contribution is -2.61. The number of nitrogens with zero attached hydrogens (tertiary/aromatic N) is 2. The zero-order valence-electron chi connectivity index (χ0n) is 35.1. The van der Waals surface area contributed by atoms with E-state index in [9.17, 15) is 0 Å². The molecule has 3 aliphatic heterocycles. The zero-order valence-corrected chi connectivity index (χ0v) is 35.1. The Morgan fingerprint density at radius 1 is 0.541 bits per heavy atom. The minimum absolute atomic E-state index is 0.00135. The Morgan fingerprint density at radius 3 is 1.82 bits per heavy atom. The van der Waals surface area contributed by atoms with Crippen molar-refractivity contribution in [3.05, 3.63) is 162 Å². The maximum absolute atomic E-state index is 6.52. The third kappa shape index (κ3) is 5.42. The molecule has 0 unspecified atom stereocenters. The van der Waals surface area contributed by atoms with Crippen LogP contribution < -0.4 is 35.7 Å². The fourth-order valence-electron chi connectivity index (χ4n) is 10.0. The summed E-state index contributed by atoms with van der Waals surface area (Å²) in [5.41, 5.74) is 19.0. The molecule has 12 rings (SSSR count). The number of benzene rings is 7. The molecular weight excluding hydrogens is 751 g/mol. The second-order valence-electron chi connectivity index (χ2n) is 17.9. The summed E-state index contributed by atoms with van der Waals surface area (Å²) in [6.07, 6.45) is 0. The molecule has 2 aromatic heterocycles. The van der Waals surface area contributed by atoms with Gasteiger partial charge in [0.05, 0.1) is 11.4 Å². The van der Waals surface area contributed by atoms with Gasteiger partial charge in [0, 0.05) is 44.6 Å². The van der Waals surface area contributed by atoms with Crippen LogP contribution in [0.4, 0.5) is 34.1 Å². The third-order valence-electron chi connectivity index (χ3n) is 12.8. The molecule has 6 nitrogen and oxygen atoms in total. The maximum Gasteiger partial charge on any atom is 0.252 e. The van der Waals surface area contributed by atoms with Gasteiger partial charge in [0.25, 0.3) is 6.71 Å². The molecule has 0 saturated heterocycles. The summed E-state index contributed by atoms with van der Waals surface area (Å²) in [4.78, 5) is 4.92. The Bertz CT molecular complexity index is 3190. The number of aryl methyl sites for hydroxylation is 3. The standard InChI is InChI=1S/C54H43BN2O4/c1-31-23-43-50-44(24-31)57(51-32(2)25-38(26-33(51)3)54(4,5)6)52-40(20-22-47-53(52)59-30-58-47)55(50)41-27-37(49-29-36-12-8-10-14-46(36)61-49)17-21-42(41)56(43)39-18-15-34(16-19-39)48-28-35-11-7-9-13-45(35)60-48/h7-29H,30H2,1-6H3. The SMILES string of the molecule is Cc1cc2c3c(c1)N(c1c(C)cc(C(C)(C)C)cc1C)c1c(ccc4c1OCO4)B3c1cc(-c3cc4ccccc4o3)ccc1N2c1ccc(-c2cc3ccccc3o2)cc1. The van der Waals surface area contributed by atoms with Gasteiger partial charge in [-0.15, -0.1) is 0 Å². The van der Waals surface area contributed by atoms with Crippen LogP contribution in [0.5, 0.6) is 11.5 Å². The highest BCUT2D eigenvalue weighted by Gasteiger charge is 2.46. The minimum atomic E-state index is -0.119. The highest BCUT2D eigenvalue weighted by Crippen LogP contribution is 2.52. The number of para-hydroxylation sites is 2. The first-order valence-electron chi connectivity index (χ1n) is 21.1. The highest BCUT2D eigenvalue weighted by atomic mass is 16.7. The Labute approximate surface area is 355 Å². The molecule has 5 heterocycles. The molecule has 0 bridgehead atoms. The van der Waals surface area contributed by atoms with Gasteiger partial charge in [-0.2, -0.15) is 0 Å². The normalized spacial score (nSPS) is 13.8. The summed E-state index contributed by atoms with van der Waals surface area (Å²) in [7, 11) is 0. The quantitative estimate of drug-likeness (QED) is 0.165. The predicted octanol–water partition coefficient (Wildman–Crippen LogP) is 12.5. The van der Waals surface area contributed by atoms with Crippen LogP contribution in [-0.4, -0.2) is 13.5 Å². The van der Waals surface area contributed by atoms with Crippen LogP contribution in [-0.2, 0) is 5.41 Å². The molecule has 7 heteroatoms. The van der Waals surface area contributed by atoms with E-state index in [0.29, 0.717) is 0 Å². The molecular formula is C54H43BN2O4. The van der Waals surface area contributed by atoms with Crippen molar-refractivity contribution in [2.45, 2.75) is 47.0 Å².